The van der Waals surface area contributed by atoms with E-state index in [1.54, 1.807) is 24.3 Å². The largest absolute Gasteiger partial charge is 0.508 e. The summed E-state index contributed by atoms with van der Waals surface area (Å²) in [6.45, 7) is 5.14. The molecule has 3 rings (SSSR count). The molecule has 2 aromatic rings. The molecule has 1 saturated heterocycles. The third-order valence-electron chi connectivity index (χ3n) is 4.64. The second-order valence-corrected chi connectivity index (χ2v) is 6.50. The Labute approximate surface area is 148 Å². The van der Waals surface area contributed by atoms with Crippen LogP contribution in [0.2, 0.25) is 0 Å². The fourth-order valence-corrected chi connectivity index (χ4v) is 3.17. The molecule has 0 bridgehead atoms. The molecule has 0 aromatic heterocycles. The summed E-state index contributed by atoms with van der Waals surface area (Å²) in [6, 6.07) is 16.6. The van der Waals surface area contributed by atoms with Crippen molar-refractivity contribution in [3.8, 4) is 11.8 Å². The molecular weight excluding hydrogens is 314 g/mol. The van der Waals surface area contributed by atoms with Gasteiger partial charge in [0.05, 0.1) is 17.7 Å². The molecule has 0 amide bonds. The fraction of sp³-hybridized carbons (Fsp3) is 0.350. The summed E-state index contributed by atoms with van der Waals surface area (Å²) in [7, 11) is 0. The highest BCUT2D eigenvalue weighted by Crippen LogP contribution is 2.18. The monoisotopic (exact) mass is 337 g/mol. The SMILES string of the molecule is N#Cc1ccc(C(O)CN2CCN(Cc3cccc(O)c3)CC2)cc1. The van der Waals surface area contributed by atoms with Crippen LogP contribution in [-0.4, -0.2) is 52.7 Å². The van der Waals surface area contributed by atoms with E-state index in [0.717, 1.165) is 43.9 Å². The molecule has 5 heteroatoms. The minimum atomic E-state index is -0.537. The highest BCUT2D eigenvalue weighted by Gasteiger charge is 2.20. The van der Waals surface area contributed by atoms with Crippen molar-refractivity contribution in [1.29, 1.82) is 5.26 Å². The van der Waals surface area contributed by atoms with Gasteiger partial charge in [-0.3, -0.25) is 9.80 Å². The van der Waals surface area contributed by atoms with Crippen LogP contribution < -0.4 is 0 Å². The molecule has 1 aliphatic rings. The Bertz CT molecular complexity index is 731. The molecule has 130 valence electrons. The minimum Gasteiger partial charge on any atom is -0.508 e. The molecule has 25 heavy (non-hydrogen) atoms. The number of rotatable bonds is 5. The summed E-state index contributed by atoms with van der Waals surface area (Å²) >= 11 is 0. The molecule has 2 aromatic carbocycles. The first-order valence-electron chi connectivity index (χ1n) is 8.55. The summed E-state index contributed by atoms with van der Waals surface area (Å²) in [6.07, 6.45) is -0.537. The van der Waals surface area contributed by atoms with Crippen LogP contribution in [0.15, 0.2) is 48.5 Å². The van der Waals surface area contributed by atoms with E-state index in [4.69, 9.17) is 5.26 Å². The van der Waals surface area contributed by atoms with E-state index in [0.29, 0.717) is 17.9 Å². The zero-order valence-corrected chi connectivity index (χ0v) is 14.2. The van der Waals surface area contributed by atoms with Gasteiger partial charge in [0.2, 0.25) is 0 Å². The van der Waals surface area contributed by atoms with Crippen LogP contribution in [-0.2, 0) is 6.54 Å². The molecule has 2 N–H and O–H groups in total. The first kappa shape index (κ1) is 17.4. The van der Waals surface area contributed by atoms with Gasteiger partial charge in [0.1, 0.15) is 5.75 Å². The smallest absolute Gasteiger partial charge is 0.115 e. The number of hydrogen-bond acceptors (Lipinski definition) is 5. The number of aliphatic hydroxyl groups excluding tert-OH is 1. The number of piperazine rings is 1. The topological polar surface area (TPSA) is 70.7 Å². The zero-order chi connectivity index (χ0) is 17.6. The molecule has 1 unspecified atom stereocenters. The van der Waals surface area contributed by atoms with Gasteiger partial charge in [0.25, 0.3) is 0 Å². The number of aromatic hydroxyl groups is 1. The van der Waals surface area contributed by atoms with Gasteiger partial charge in [0, 0.05) is 39.3 Å². The molecule has 1 fully saturated rings. The predicted molar refractivity (Wildman–Crippen MR) is 95.9 cm³/mol. The van der Waals surface area contributed by atoms with E-state index < -0.39 is 6.10 Å². The standard InChI is InChI=1S/C20H23N3O2/c21-13-16-4-6-18(7-5-16)20(25)15-23-10-8-22(9-11-23)14-17-2-1-3-19(24)12-17/h1-7,12,20,24-25H,8-11,14-15H2. The van der Waals surface area contributed by atoms with Gasteiger partial charge in [-0.05, 0) is 35.4 Å². The van der Waals surface area contributed by atoms with Gasteiger partial charge in [-0.15, -0.1) is 0 Å². The van der Waals surface area contributed by atoms with Crippen LogP contribution >= 0.6 is 0 Å². The van der Waals surface area contributed by atoms with Crippen molar-refractivity contribution in [3.05, 3.63) is 65.2 Å². The normalized spacial score (nSPS) is 17.1. The lowest BCUT2D eigenvalue weighted by Gasteiger charge is -2.35. The van der Waals surface area contributed by atoms with E-state index in [2.05, 4.69) is 15.9 Å². The molecule has 1 heterocycles. The lowest BCUT2D eigenvalue weighted by molar-refractivity contribution is 0.0701. The van der Waals surface area contributed by atoms with Crippen LogP contribution in [0.5, 0.6) is 5.75 Å². The first-order valence-corrected chi connectivity index (χ1v) is 8.55. The van der Waals surface area contributed by atoms with E-state index in [1.165, 1.54) is 0 Å². The van der Waals surface area contributed by atoms with Crippen molar-refractivity contribution < 1.29 is 10.2 Å². The van der Waals surface area contributed by atoms with Crippen LogP contribution in [0.1, 0.15) is 22.8 Å². The number of aliphatic hydroxyl groups is 1. The number of hydrogen-bond donors (Lipinski definition) is 2. The molecule has 0 spiro atoms. The van der Waals surface area contributed by atoms with Gasteiger partial charge in [-0.25, -0.2) is 0 Å². The molecular formula is C20H23N3O2. The maximum atomic E-state index is 10.4. The lowest BCUT2D eigenvalue weighted by atomic mass is 10.1. The molecule has 5 nitrogen and oxygen atoms in total. The number of phenolic OH excluding ortho intramolecular Hbond substituents is 1. The molecule has 0 saturated carbocycles. The number of nitriles is 1. The summed E-state index contributed by atoms with van der Waals surface area (Å²) in [4.78, 5) is 4.63. The molecule has 0 radical (unpaired) electrons. The van der Waals surface area contributed by atoms with Crippen molar-refractivity contribution >= 4 is 0 Å². The third kappa shape index (κ3) is 4.80. The summed E-state index contributed by atoms with van der Waals surface area (Å²) in [5, 5.41) is 28.8. The molecule has 1 aliphatic heterocycles. The quantitative estimate of drug-likeness (QED) is 0.874. The van der Waals surface area contributed by atoms with Crippen LogP contribution in [0.4, 0.5) is 0 Å². The Morgan fingerprint density at radius 1 is 1.00 bits per heavy atom. The average Bonchev–Trinajstić information content (AvgIpc) is 2.63. The van der Waals surface area contributed by atoms with Gasteiger partial charge >= 0.3 is 0 Å². The van der Waals surface area contributed by atoms with Crippen molar-refractivity contribution in [2.24, 2.45) is 0 Å². The van der Waals surface area contributed by atoms with E-state index in [9.17, 15) is 10.2 Å². The van der Waals surface area contributed by atoms with Gasteiger partial charge < -0.3 is 10.2 Å². The summed E-state index contributed by atoms with van der Waals surface area (Å²) < 4.78 is 0. The maximum absolute atomic E-state index is 10.4. The maximum Gasteiger partial charge on any atom is 0.115 e. The third-order valence-corrected chi connectivity index (χ3v) is 4.64. The van der Waals surface area contributed by atoms with Crippen LogP contribution in [0.25, 0.3) is 0 Å². The Morgan fingerprint density at radius 3 is 2.32 bits per heavy atom. The van der Waals surface area contributed by atoms with Crippen molar-refractivity contribution in [2.75, 3.05) is 32.7 Å². The molecule has 1 atom stereocenters. The summed E-state index contributed by atoms with van der Waals surface area (Å²) in [5.74, 6) is 0.307. The number of phenols is 1. The van der Waals surface area contributed by atoms with E-state index in [-0.39, 0.29) is 0 Å². The highest BCUT2D eigenvalue weighted by atomic mass is 16.3. The van der Waals surface area contributed by atoms with Crippen LogP contribution in [0.3, 0.4) is 0 Å². The van der Waals surface area contributed by atoms with Gasteiger partial charge in [-0.2, -0.15) is 5.26 Å². The summed E-state index contributed by atoms with van der Waals surface area (Å²) in [5.41, 5.74) is 2.57. The Balaban J connectivity index is 1.47. The molecule has 0 aliphatic carbocycles. The van der Waals surface area contributed by atoms with Crippen molar-refractivity contribution in [3.63, 3.8) is 0 Å². The Morgan fingerprint density at radius 2 is 1.68 bits per heavy atom. The fourth-order valence-electron chi connectivity index (χ4n) is 3.17. The van der Waals surface area contributed by atoms with Crippen molar-refractivity contribution in [1.82, 2.24) is 9.80 Å². The minimum absolute atomic E-state index is 0.307. The highest BCUT2D eigenvalue weighted by molar-refractivity contribution is 5.32. The number of nitrogens with zero attached hydrogens (tertiary/aromatic N) is 3. The zero-order valence-electron chi connectivity index (χ0n) is 14.2. The Kier molecular flexibility index (Phi) is 5.67. The van der Waals surface area contributed by atoms with Crippen molar-refractivity contribution in [2.45, 2.75) is 12.6 Å². The predicted octanol–water partition coefficient (Wildman–Crippen LogP) is 2.12. The Hall–Kier alpha value is -2.39. The van der Waals surface area contributed by atoms with Gasteiger partial charge in [-0.1, -0.05) is 24.3 Å². The number of benzene rings is 2. The van der Waals surface area contributed by atoms with E-state index in [1.807, 2.05) is 24.3 Å². The average molecular weight is 337 g/mol. The van der Waals surface area contributed by atoms with E-state index >= 15 is 0 Å². The second-order valence-electron chi connectivity index (χ2n) is 6.50. The van der Waals surface area contributed by atoms with Crippen LogP contribution in [0, 0.1) is 11.3 Å². The second kappa shape index (κ2) is 8.13. The first-order chi connectivity index (χ1) is 12.1. The lowest BCUT2D eigenvalue weighted by Crippen LogP contribution is -2.47. The number of β-amino-alcohol motifs (C(OH)–C–C–N with tert-alkyl or cyclic N) is 1. The van der Waals surface area contributed by atoms with Gasteiger partial charge in [0.15, 0.2) is 0 Å².